The predicted molar refractivity (Wildman–Crippen MR) is 84.2 cm³/mol. The number of phenols is 1. The van der Waals surface area contributed by atoms with Crippen LogP contribution < -0.4 is 4.74 Å². The number of ether oxygens (including phenoxy) is 1. The van der Waals surface area contributed by atoms with Crippen LogP contribution in [0.1, 0.15) is 5.56 Å². The molecule has 0 heterocycles. The van der Waals surface area contributed by atoms with Crippen LogP contribution in [0.15, 0.2) is 47.5 Å². The van der Waals surface area contributed by atoms with E-state index in [-0.39, 0.29) is 11.4 Å². The summed E-state index contributed by atoms with van der Waals surface area (Å²) < 4.78 is 5.45. The molecule has 114 valence electrons. The predicted octanol–water partition coefficient (Wildman–Crippen LogP) is 3.45. The lowest BCUT2D eigenvalue weighted by Gasteiger charge is -2.03. The quantitative estimate of drug-likeness (QED) is 0.382. The van der Waals surface area contributed by atoms with E-state index >= 15 is 0 Å². The van der Waals surface area contributed by atoms with Crippen molar-refractivity contribution in [2.45, 2.75) is 0 Å². The van der Waals surface area contributed by atoms with E-state index in [2.05, 4.69) is 4.99 Å². The zero-order valence-corrected chi connectivity index (χ0v) is 12.2. The molecule has 6 nitrogen and oxygen atoms in total. The Hall–Kier alpha value is -2.60. The molecule has 2 aromatic rings. The van der Waals surface area contributed by atoms with E-state index in [0.717, 1.165) is 0 Å². The van der Waals surface area contributed by atoms with Crippen LogP contribution in [-0.2, 0) is 0 Å². The van der Waals surface area contributed by atoms with E-state index in [1.165, 1.54) is 24.4 Å². The fraction of sp³-hybridized carbons (Fsp3) is 0.133. The lowest BCUT2D eigenvalue weighted by molar-refractivity contribution is -0.384. The smallest absolute Gasteiger partial charge is 0.270 e. The summed E-state index contributed by atoms with van der Waals surface area (Å²) in [5, 5.41) is 20.9. The van der Waals surface area contributed by atoms with Gasteiger partial charge < -0.3 is 9.84 Å². The van der Waals surface area contributed by atoms with Crippen molar-refractivity contribution in [1.82, 2.24) is 0 Å². The first-order valence-electron chi connectivity index (χ1n) is 6.42. The van der Waals surface area contributed by atoms with Crippen molar-refractivity contribution in [3.05, 3.63) is 63.2 Å². The number of phenolic OH excluding ortho intramolecular Hbond substituents is 1. The van der Waals surface area contributed by atoms with Crippen LogP contribution >= 0.6 is 11.6 Å². The highest BCUT2D eigenvalue weighted by atomic mass is 35.5. The number of nitro benzene ring substituents is 1. The van der Waals surface area contributed by atoms with E-state index in [4.69, 9.17) is 16.3 Å². The van der Waals surface area contributed by atoms with Crippen LogP contribution in [0.3, 0.4) is 0 Å². The molecule has 0 radical (unpaired) electrons. The zero-order valence-electron chi connectivity index (χ0n) is 11.5. The highest BCUT2D eigenvalue weighted by molar-refractivity contribution is 6.30. The Bertz CT molecular complexity index is 686. The molecule has 0 saturated heterocycles. The molecule has 0 unspecified atom stereocenters. The molecule has 0 aliphatic carbocycles. The first-order valence-corrected chi connectivity index (χ1v) is 6.79. The van der Waals surface area contributed by atoms with Crippen LogP contribution in [0.4, 0.5) is 5.69 Å². The van der Waals surface area contributed by atoms with Crippen molar-refractivity contribution >= 4 is 23.5 Å². The van der Waals surface area contributed by atoms with Gasteiger partial charge in [0.2, 0.25) is 0 Å². The van der Waals surface area contributed by atoms with Gasteiger partial charge >= 0.3 is 0 Å². The van der Waals surface area contributed by atoms with Crippen LogP contribution in [-0.4, -0.2) is 29.4 Å². The lowest BCUT2D eigenvalue weighted by Crippen LogP contribution is -2.01. The van der Waals surface area contributed by atoms with E-state index in [9.17, 15) is 15.2 Å². The van der Waals surface area contributed by atoms with Crippen molar-refractivity contribution in [2.75, 3.05) is 13.2 Å². The number of non-ortho nitro benzene ring substituents is 1. The number of halogens is 1. The molecule has 2 rings (SSSR count). The highest BCUT2D eigenvalue weighted by Gasteiger charge is 2.08. The summed E-state index contributed by atoms with van der Waals surface area (Å²) in [4.78, 5) is 14.2. The standard InChI is InChI=1S/C15H13ClN2O4/c16-12-1-4-14(5-2-12)22-8-7-17-10-11-9-13(18(20)21)3-6-15(11)19/h1-6,9-10,19H,7-8H2. The minimum Gasteiger partial charge on any atom is -0.507 e. The van der Waals surface area contributed by atoms with Gasteiger partial charge in [-0.1, -0.05) is 11.6 Å². The molecule has 0 spiro atoms. The van der Waals surface area contributed by atoms with Gasteiger partial charge in [0.25, 0.3) is 5.69 Å². The summed E-state index contributed by atoms with van der Waals surface area (Å²) >= 11 is 5.76. The van der Waals surface area contributed by atoms with Gasteiger partial charge in [-0.2, -0.15) is 0 Å². The molecule has 0 aliphatic rings. The topological polar surface area (TPSA) is 85.0 Å². The van der Waals surface area contributed by atoms with Gasteiger partial charge in [-0.05, 0) is 30.3 Å². The highest BCUT2D eigenvalue weighted by Crippen LogP contribution is 2.21. The second-order valence-corrected chi connectivity index (χ2v) is 4.77. The van der Waals surface area contributed by atoms with Gasteiger partial charge in [-0.3, -0.25) is 15.1 Å². The Morgan fingerprint density at radius 3 is 2.68 bits per heavy atom. The van der Waals surface area contributed by atoms with E-state index < -0.39 is 4.92 Å². The number of nitrogens with zero attached hydrogens (tertiary/aromatic N) is 2. The molecule has 2 aromatic carbocycles. The van der Waals surface area contributed by atoms with E-state index in [0.29, 0.717) is 29.5 Å². The number of rotatable bonds is 6. The van der Waals surface area contributed by atoms with Crippen LogP contribution in [0.2, 0.25) is 5.02 Å². The first kappa shape index (κ1) is 15.8. The number of aliphatic imine (C=N–C) groups is 1. The zero-order chi connectivity index (χ0) is 15.9. The third kappa shape index (κ3) is 4.46. The molecule has 7 heteroatoms. The van der Waals surface area contributed by atoms with Crippen molar-refractivity contribution in [3.8, 4) is 11.5 Å². The summed E-state index contributed by atoms with van der Waals surface area (Å²) in [7, 11) is 0. The fourth-order valence-electron chi connectivity index (χ4n) is 1.67. The average molecular weight is 321 g/mol. The largest absolute Gasteiger partial charge is 0.507 e. The lowest BCUT2D eigenvalue weighted by atomic mass is 10.2. The monoisotopic (exact) mass is 320 g/mol. The van der Waals surface area contributed by atoms with Gasteiger partial charge in [0.1, 0.15) is 18.1 Å². The third-order valence-electron chi connectivity index (χ3n) is 2.76. The number of hydrogen-bond acceptors (Lipinski definition) is 5. The van der Waals surface area contributed by atoms with Gasteiger partial charge in [0, 0.05) is 28.9 Å². The average Bonchev–Trinajstić information content (AvgIpc) is 2.50. The maximum atomic E-state index is 10.7. The van der Waals surface area contributed by atoms with Gasteiger partial charge in [0.15, 0.2) is 0 Å². The Morgan fingerprint density at radius 2 is 2.00 bits per heavy atom. The molecule has 0 amide bonds. The summed E-state index contributed by atoms with van der Waals surface area (Å²) in [6.07, 6.45) is 1.38. The molecular formula is C15H13ClN2O4. The Kier molecular flexibility index (Phi) is 5.32. The summed E-state index contributed by atoms with van der Waals surface area (Å²) in [5.41, 5.74) is 0.192. The van der Waals surface area contributed by atoms with Crippen LogP contribution in [0.5, 0.6) is 11.5 Å². The molecule has 0 aromatic heterocycles. The van der Waals surface area contributed by atoms with Crippen molar-refractivity contribution in [1.29, 1.82) is 0 Å². The molecular weight excluding hydrogens is 308 g/mol. The van der Waals surface area contributed by atoms with Crippen molar-refractivity contribution < 1.29 is 14.8 Å². The number of benzene rings is 2. The maximum Gasteiger partial charge on any atom is 0.270 e. The summed E-state index contributed by atoms with van der Waals surface area (Å²) in [6.45, 7) is 0.693. The van der Waals surface area contributed by atoms with Crippen molar-refractivity contribution in [3.63, 3.8) is 0 Å². The Morgan fingerprint density at radius 1 is 1.27 bits per heavy atom. The molecule has 0 fully saturated rings. The molecule has 0 bridgehead atoms. The molecule has 0 saturated carbocycles. The third-order valence-corrected chi connectivity index (χ3v) is 3.01. The summed E-state index contributed by atoms with van der Waals surface area (Å²) in [6, 6.07) is 10.7. The molecule has 1 N–H and O–H groups in total. The summed E-state index contributed by atoms with van der Waals surface area (Å²) in [5.74, 6) is 0.616. The number of hydrogen-bond donors (Lipinski definition) is 1. The normalized spacial score (nSPS) is 10.8. The minimum absolute atomic E-state index is 0.0621. The number of nitro groups is 1. The minimum atomic E-state index is -0.527. The van der Waals surface area contributed by atoms with Gasteiger partial charge in [-0.25, -0.2) is 0 Å². The fourth-order valence-corrected chi connectivity index (χ4v) is 1.79. The molecule has 0 aliphatic heterocycles. The first-order chi connectivity index (χ1) is 10.6. The molecule has 22 heavy (non-hydrogen) atoms. The van der Waals surface area contributed by atoms with E-state index in [1.807, 2.05) is 0 Å². The van der Waals surface area contributed by atoms with E-state index in [1.54, 1.807) is 24.3 Å². The Labute approximate surface area is 131 Å². The molecule has 0 atom stereocenters. The van der Waals surface area contributed by atoms with Crippen LogP contribution in [0.25, 0.3) is 0 Å². The maximum absolute atomic E-state index is 10.7. The van der Waals surface area contributed by atoms with Gasteiger partial charge in [-0.15, -0.1) is 0 Å². The second kappa shape index (κ2) is 7.42. The SMILES string of the molecule is O=[N+]([O-])c1ccc(O)c(C=NCCOc2ccc(Cl)cc2)c1. The Balaban J connectivity index is 1.88. The van der Waals surface area contributed by atoms with Crippen LogP contribution in [0, 0.1) is 10.1 Å². The van der Waals surface area contributed by atoms with Gasteiger partial charge in [0.05, 0.1) is 11.5 Å². The van der Waals surface area contributed by atoms with Crippen molar-refractivity contribution in [2.24, 2.45) is 4.99 Å². The second-order valence-electron chi connectivity index (χ2n) is 4.34. The number of aromatic hydroxyl groups is 1.